The monoisotopic (exact) mass is 189 g/mol. The Morgan fingerprint density at radius 1 is 1.82 bits per heavy atom. The lowest BCUT2D eigenvalue weighted by atomic mass is 10.4. The molecule has 0 aromatic rings. The van der Waals surface area contributed by atoms with Gasteiger partial charge in [-0.15, -0.1) is 0 Å². The molecule has 0 aliphatic carbocycles. The normalized spacial score (nSPS) is 23.8. The molecule has 1 atom stereocenters. The average Bonchev–Trinajstić information content (AvgIpc) is 1.85. The molecule has 5 heteroatoms. The molecule has 3 nitrogen and oxygen atoms in total. The van der Waals surface area contributed by atoms with Gasteiger partial charge in [-0.2, -0.15) is 5.26 Å². The summed E-state index contributed by atoms with van der Waals surface area (Å²) < 4.78 is 0. The molecule has 0 saturated carbocycles. The van der Waals surface area contributed by atoms with Gasteiger partial charge in [0.1, 0.15) is 5.17 Å². The minimum atomic E-state index is -0.697. The van der Waals surface area contributed by atoms with E-state index in [4.69, 9.17) is 28.5 Å². The van der Waals surface area contributed by atoms with E-state index in [2.05, 4.69) is 4.99 Å². The molecule has 0 N–H and O–H groups in total. The predicted molar refractivity (Wildman–Crippen MR) is 44.1 cm³/mol. The van der Waals surface area contributed by atoms with E-state index in [1.807, 2.05) is 6.19 Å². The Labute approximate surface area is 74.5 Å². The van der Waals surface area contributed by atoms with E-state index >= 15 is 0 Å². The topological polar surface area (TPSA) is 39.4 Å². The third kappa shape index (κ3) is 1.65. The predicted octanol–water partition coefficient (Wildman–Crippen LogP) is 1.85. The van der Waals surface area contributed by atoms with Crippen LogP contribution in [-0.2, 0) is 0 Å². The van der Waals surface area contributed by atoms with Crippen LogP contribution < -0.4 is 0 Å². The number of alkyl halides is 1. The molecule has 1 aliphatic rings. The first-order valence-corrected chi connectivity index (χ1v) is 3.71. The molecule has 0 radical (unpaired) electrons. The second-order valence-corrected chi connectivity index (χ2v) is 2.80. The van der Waals surface area contributed by atoms with E-state index in [9.17, 15) is 0 Å². The third-order valence-electron chi connectivity index (χ3n) is 1.26. The zero-order chi connectivity index (χ0) is 8.43. The molecular weight excluding hydrogens is 185 g/mol. The second-order valence-electron chi connectivity index (χ2n) is 2.02. The maximum atomic E-state index is 8.56. The first-order valence-electron chi connectivity index (χ1n) is 2.90. The van der Waals surface area contributed by atoms with Gasteiger partial charge in [0.2, 0.25) is 5.62 Å². The van der Waals surface area contributed by atoms with Crippen LogP contribution in [0.25, 0.3) is 0 Å². The summed E-state index contributed by atoms with van der Waals surface area (Å²) in [4.78, 5) is 5.03. The van der Waals surface area contributed by atoms with Gasteiger partial charge >= 0.3 is 0 Å². The lowest BCUT2D eigenvalue weighted by Crippen LogP contribution is -2.26. The van der Waals surface area contributed by atoms with Crippen molar-refractivity contribution in [2.24, 2.45) is 4.99 Å². The molecule has 1 aliphatic heterocycles. The summed E-state index contributed by atoms with van der Waals surface area (Å²) >= 11 is 11.2. The Hall–Kier alpha value is -0.720. The van der Waals surface area contributed by atoms with Crippen LogP contribution in [0.5, 0.6) is 0 Å². The number of aliphatic imine (C=N–C) groups is 1. The highest BCUT2D eigenvalue weighted by atomic mass is 35.5. The van der Waals surface area contributed by atoms with Crippen molar-refractivity contribution in [1.29, 1.82) is 5.26 Å². The summed E-state index contributed by atoms with van der Waals surface area (Å²) in [6.07, 6.45) is 3.48. The van der Waals surface area contributed by atoms with E-state index in [1.54, 1.807) is 13.0 Å². The Morgan fingerprint density at radius 3 is 2.91 bits per heavy atom. The second kappa shape index (κ2) is 3.12. The Morgan fingerprint density at radius 2 is 2.45 bits per heavy atom. The van der Waals surface area contributed by atoms with Crippen molar-refractivity contribution >= 4 is 28.4 Å². The van der Waals surface area contributed by atoms with Crippen molar-refractivity contribution in [3.8, 4) is 6.19 Å². The lowest BCUT2D eigenvalue weighted by Gasteiger charge is -2.21. The molecule has 0 bridgehead atoms. The Bertz CT molecular complexity index is 263. The van der Waals surface area contributed by atoms with E-state index in [-0.39, 0.29) is 0 Å². The number of nitrogens with zero attached hydrogens (tertiary/aromatic N) is 3. The SMILES string of the molecule is CC1=CC(Cl)=NC(Cl)N1C#N. The fourth-order valence-corrected chi connectivity index (χ4v) is 1.34. The van der Waals surface area contributed by atoms with Gasteiger partial charge in [-0.1, -0.05) is 23.2 Å². The van der Waals surface area contributed by atoms with E-state index in [0.717, 1.165) is 0 Å². The van der Waals surface area contributed by atoms with Gasteiger partial charge < -0.3 is 0 Å². The largest absolute Gasteiger partial charge is 0.246 e. The van der Waals surface area contributed by atoms with E-state index in [0.29, 0.717) is 10.9 Å². The summed E-state index contributed by atoms with van der Waals surface area (Å²) in [5.41, 5.74) is 0.00463. The van der Waals surface area contributed by atoms with Crippen LogP contribution in [0.3, 0.4) is 0 Å². The van der Waals surface area contributed by atoms with Gasteiger partial charge in [0.25, 0.3) is 0 Å². The highest BCUT2D eigenvalue weighted by Gasteiger charge is 2.18. The van der Waals surface area contributed by atoms with Crippen molar-refractivity contribution in [1.82, 2.24) is 4.90 Å². The highest BCUT2D eigenvalue weighted by Crippen LogP contribution is 2.18. The lowest BCUT2D eigenvalue weighted by molar-refractivity contribution is 0.453. The molecule has 1 rings (SSSR count). The van der Waals surface area contributed by atoms with E-state index in [1.165, 1.54) is 4.90 Å². The minimum Gasteiger partial charge on any atom is -0.246 e. The number of hydrogen-bond acceptors (Lipinski definition) is 3. The number of allylic oxidation sites excluding steroid dienone is 2. The van der Waals surface area contributed by atoms with Crippen LogP contribution in [-0.4, -0.2) is 15.7 Å². The van der Waals surface area contributed by atoms with Gasteiger partial charge in [0, 0.05) is 5.70 Å². The van der Waals surface area contributed by atoms with Crippen molar-refractivity contribution in [2.45, 2.75) is 12.5 Å². The minimum absolute atomic E-state index is 0.328. The maximum absolute atomic E-state index is 8.56. The molecule has 0 amide bonds. The molecule has 1 unspecified atom stereocenters. The van der Waals surface area contributed by atoms with Gasteiger partial charge in [-0.3, -0.25) is 0 Å². The number of halogens is 2. The molecule has 0 aromatic carbocycles. The summed E-state index contributed by atoms with van der Waals surface area (Å²) in [6.45, 7) is 1.75. The number of nitriles is 1. The van der Waals surface area contributed by atoms with E-state index < -0.39 is 5.62 Å². The van der Waals surface area contributed by atoms with Crippen LogP contribution in [0.4, 0.5) is 0 Å². The first-order chi connectivity index (χ1) is 5.15. The van der Waals surface area contributed by atoms with Crippen LogP contribution in [0.15, 0.2) is 16.8 Å². The van der Waals surface area contributed by atoms with Crippen LogP contribution in [0.1, 0.15) is 6.92 Å². The Kier molecular flexibility index (Phi) is 2.38. The fraction of sp³-hybridized carbons (Fsp3) is 0.333. The number of hydrogen-bond donors (Lipinski definition) is 0. The van der Waals surface area contributed by atoms with Crippen molar-refractivity contribution in [2.75, 3.05) is 0 Å². The quantitative estimate of drug-likeness (QED) is 0.332. The molecule has 0 fully saturated rings. The first kappa shape index (κ1) is 8.38. The van der Waals surface area contributed by atoms with Gasteiger partial charge in [-0.05, 0) is 13.0 Å². The Balaban J connectivity index is 2.93. The molecule has 0 saturated heterocycles. The third-order valence-corrected chi connectivity index (χ3v) is 1.76. The summed E-state index contributed by atoms with van der Waals surface area (Å²) in [5, 5.41) is 8.88. The zero-order valence-corrected chi connectivity index (χ0v) is 7.26. The number of rotatable bonds is 0. The molecule has 11 heavy (non-hydrogen) atoms. The van der Waals surface area contributed by atoms with Crippen LogP contribution >= 0.6 is 23.2 Å². The molecule has 1 heterocycles. The highest BCUT2D eigenvalue weighted by molar-refractivity contribution is 6.68. The summed E-state index contributed by atoms with van der Waals surface area (Å²) in [7, 11) is 0. The van der Waals surface area contributed by atoms with Gasteiger partial charge in [0.15, 0.2) is 6.19 Å². The maximum Gasteiger partial charge on any atom is 0.211 e. The molecule has 58 valence electrons. The summed E-state index contributed by atoms with van der Waals surface area (Å²) in [5.74, 6) is 0. The average molecular weight is 190 g/mol. The van der Waals surface area contributed by atoms with Crippen LogP contribution in [0, 0.1) is 11.5 Å². The van der Waals surface area contributed by atoms with Gasteiger partial charge in [0.05, 0.1) is 0 Å². The standard InChI is InChI=1S/C6H5Cl2N3/c1-4-2-5(7)10-6(8)11(4)3-9/h2,6H,1H3. The van der Waals surface area contributed by atoms with Crippen molar-refractivity contribution < 1.29 is 0 Å². The van der Waals surface area contributed by atoms with Gasteiger partial charge in [-0.25, -0.2) is 9.89 Å². The molecule has 0 spiro atoms. The fourth-order valence-electron chi connectivity index (χ4n) is 0.733. The molecular formula is C6H5Cl2N3. The van der Waals surface area contributed by atoms with Crippen molar-refractivity contribution in [3.05, 3.63) is 11.8 Å². The zero-order valence-electron chi connectivity index (χ0n) is 5.75. The molecule has 0 aromatic heterocycles. The summed E-state index contributed by atoms with van der Waals surface area (Å²) in [6, 6.07) is 0. The smallest absolute Gasteiger partial charge is 0.211 e. The van der Waals surface area contributed by atoms with Crippen LogP contribution in [0.2, 0.25) is 0 Å². The van der Waals surface area contributed by atoms with Crippen molar-refractivity contribution in [3.63, 3.8) is 0 Å².